The number of likely N-dealkylation sites (N-methyl/N-ethyl adjacent to an activating group) is 1. The highest BCUT2D eigenvalue weighted by Crippen LogP contribution is 2.13. The first-order chi connectivity index (χ1) is 12.5. The van der Waals surface area contributed by atoms with Crippen molar-refractivity contribution in [1.29, 1.82) is 0 Å². The summed E-state index contributed by atoms with van der Waals surface area (Å²) in [6.07, 6.45) is 21.0. The van der Waals surface area contributed by atoms with Gasteiger partial charge in [0.1, 0.15) is 0 Å². The van der Waals surface area contributed by atoms with Gasteiger partial charge in [0.15, 0.2) is 0 Å². The average molecular weight is 448 g/mol. The topological polar surface area (TPSA) is 29.1 Å². The molecule has 27 heavy (non-hydrogen) atoms. The third kappa shape index (κ3) is 21.8. The van der Waals surface area contributed by atoms with Crippen molar-refractivity contribution in [3.63, 3.8) is 0 Å². The first-order valence-electron chi connectivity index (χ1n) is 11.2. The summed E-state index contributed by atoms with van der Waals surface area (Å²) < 4.78 is 0.982. The molecule has 0 aliphatic heterocycles. The van der Waals surface area contributed by atoms with E-state index in [-0.39, 0.29) is 22.9 Å². The van der Waals surface area contributed by atoms with Gasteiger partial charge in [-0.1, -0.05) is 90.6 Å². The van der Waals surface area contributed by atoms with Crippen LogP contribution in [0.2, 0.25) is 0 Å². The van der Waals surface area contributed by atoms with Gasteiger partial charge in [-0.3, -0.25) is 4.79 Å². The van der Waals surface area contributed by atoms with E-state index in [2.05, 4.69) is 32.9 Å². The van der Waals surface area contributed by atoms with Gasteiger partial charge < -0.3 is 26.8 Å². The van der Waals surface area contributed by atoms with Gasteiger partial charge in [0.05, 0.1) is 33.7 Å². The number of quaternary nitrogens is 1. The Morgan fingerprint density at radius 3 is 1.59 bits per heavy atom. The van der Waals surface area contributed by atoms with Crippen LogP contribution in [0.15, 0.2) is 12.7 Å². The third-order valence-electron chi connectivity index (χ3n) is 5.32. The Labute approximate surface area is 180 Å². The van der Waals surface area contributed by atoms with Crippen LogP contribution >= 0.6 is 0 Å². The molecule has 162 valence electrons. The standard InChI is InChI=1S/C23H46N2O.BrH/c1-5-7-8-9-10-11-12-13-14-15-16-17-18-19-21-25(3,4)22-20-24-23(26)6-2;/h6H,2,5,7-22H2,1,3-4H3;1H. The highest BCUT2D eigenvalue weighted by atomic mass is 79.9. The number of nitrogens with zero attached hydrogens (tertiary/aromatic N) is 1. The van der Waals surface area contributed by atoms with Gasteiger partial charge in [-0.25, -0.2) is 0 Å². The molecule has 1 N–H and O–H groups in total. The van der Waals surface area contributed by atoms with Crippen molar-refractivity contribution in [1.82, 2.24) is 5.32 Å². The lowest BCUT2D eigenvalue weighted by Gasteiger charge is -2.29. The SMILES string of the molecule is C=CC(=O)NCC[N+](C)(C)CCCCCCCCCCCCCCCC.[Br-]. The second-order valence-electron chi connectivity index (χ2n) is 8.47. The number of carbonyl (C=O) groups excluding carboxylic acids is 1. The largest absolute Gasteiger partial charge is 1.00 e. The van der Waals surface area contributed by atoms with Crippen molar-refractivity contribution in [3.8, 4) is 0 Å². The maximum absolute atomic E-state index is 11.2. The molecule has 0 radical (unpaired) electrons. The van der Waals surface area contributed by atoms with Gasteiger partial charge >= 0.3 is 0 Å². The Balaban J connectivity index is 0. The zero-order valence-electron chi connectivity index (χ0n) is 18.5. The molecule has 0 spiro atoms. The molecule has 0 unspecified atom stereocenters. The fourth-order valence-corrected chi connectivity index (χ4v) is 3.40. The molecule has 0 saturated carbocycles. The quantitative estimate of drug-likeness (QED) is 0.184. The van der Waals surface area contributed by atoms with Crippen LogP contribution in [0.4, 0.5) is 0 Å². The first kappa shape index (κ1) is 28.9. The minimum atomic E-state index is -0.0681. The molecule has 0 aromatic carbocycles. The van der Waals surface area contributed by atoms with Crippen molar-refractivity contribution in [3.05, 3.63) is 12.7 Å². The van der Waals surface area contributed by atoms with Crippen LogP contribution in [0.5, 0.6) is 0 Å². The summed E-state index contributed by atoms with van der Waals surface area (Å²) >= 11 is 0. The minimum absolute atomic E-state index is 0. The highest BCUT2D eigenvalue weighted by Gasteiger charge is 2.13. The monoisotopic (exact) mass is 446 g/mol. The average Bonchev–Trinajstić information content (AvgIpc) is 2.61. The van der Waals surface area contributed by atoms with Crippen LogP contribution in [0.1, 0.15) is 96.8 Å². The molecule has 0 bridgehead atoms. The number of unbranched alkanes of at least 4 members (excludes halogenated alkanes) is 13. The van der Waals surface area contributed by atoms with Gasteiger partial charge in [-0.2, -0.15) is 0 Å². The summed E-state index contributed by atoms with van der Waals surface area (Å²) in [7, 11) is 4.50. The second kappa shape index (κ2) is 20.4. The maximum atomic E-state index is 11.2. The van der Waals surface area contributed by atoms with E-state index in [1.807, 2.05) is 0 Å². The molecule has 0 fully saturated rings. The molecular formula is C23H47BrN2O. The molecule has 0 saturated heterocycles. The van der Waals surface area contributed by atoms with Crippen LogP contribution in [0, 0.1) is 0 Å². The molecule has 0 rings (SSSR count). The van der Waals surface area contributed by atoms with Crippen molar-refractivity contribution in [2.45, 2.75) is 96.8 Å². The van der Waals surface area contributed by atoms with E-state index in [0.717, 1.165) is 17.6 Å². The van der Waals surface area contributed by atoms with Gasteiger partial charge in [-0.15, -0.1) is 0 Å². The Kier molecular flexibility index (Phi) is 21.8. The minimum Gasteiger partial charge on any atom is -1.00 e. The van der Waals surface area contributed by atoms with Gasteiger partial charge in [0.2, 0.25) is 5.91 Å². The fourth-order valence-electron chi connectivity index (χ4n) is 3.40. The molecule has 0 aliphatic carbocycles. The number of halogens is 1. The molecule has 0 aromatic rings. The lowest BCUT2D eigenvalue weighted by Crippen LogP contribution is -3.00. The van der Waals surface area contributed by atoms with Crippen LogP contribution in [-0.4, -0.2) is 44.1 Å². The van der Waals surface area contributed by atoms with Crippen molar-refractivity contribution >= 4 is 5.91 Å². The van der Waals surface area contributed by atoms with Crippen LogP contribution < -0.4 is 22.3 Å². The van der Waals surface area contributed by atoms with E-state index >= 15 is 0 Å². The number of nitrogens with one attached hydrogen (secondary N) is 1. The molecule has 4 heteroatoms. The van der Waals surface area contributed by atoms with E-state index < -0.39 is 0 Å². The van der Waals surface area contributed by atoms with Crippen molar-refractivity contribution in [2.75, 3.05) is 33.7 Å². The summed E-state index contributed by atoms with van der Waals surface area (Å²) in [5.74, 6) is -0.0681. The van der Waals surface area contributed by atoms with Crippen molar-refractivity contribution in [2.24, 2.45) is 0 Å². The van der Waals surface area contributed by atoms with E-state index in [1.165, 1.54) is 103 Å². The lowest BCUT2D eigenvalue weighted by atomic mass is 10.0. The molecular weight excluding hydrogens is 400 g/mol. The number of amides is 1. The van der Waals surface area contributed by atoms with Gasteiger partial charge in [0.25, 0.3) is 0 Å². The Morgan fingerprint density at radius 1 is 0.778 bits per heavy atom. The highest BCUT2D eigenvalue weighted by molar-refractivity contribution is 5.86. The third-order valence-corrected chi connectivity index (χ3v) is 5.32. The summed E-state index contributed by atoms with van der Waals surface area (Å²) in [4.78, 5) is 11.2. The predicted octanol–water partition coefficient (Wildman–Crippen LogP) is 2.85. The summed E-state index contributed by atoms with van der Waals surface area (Å²) in [6, 6.07) is 0. The second-order valence-corrected chi connectivity index (χ2v) is 8.47. The summed E-state index contributed by atoms with van der Waals surface area (Å²) in [5, 5.41) is 2.87. The Morgan fingerprint density at radius 2 is 1.19 bits per heavy atom. The van der Waals surface area contributed by atoms with Gasteiger partial charge in [0, 0.05) is 0 Å². The molecule has 0 aromatic heterocycles. The summed E-state index contributed by atoms with van der Waals surface area (Å²) in [6.45, 7) is 8.68. The van der Waals surface area contributed by atoms with Crippen molar-refractivity contribution < 1.29 is 26.3 Å². The van der Waals surface area contributed by atoms with E-state index in [0.29, 0.717) is 0 Å². The van der Waals surface area contributed by atoms with E-state index in [4.69, 9.17) is 0 Å². The fraction of sp³-hybridized carbons (Fsp3) is 0.870. The van der Waals surface area contributed by atoms with Crippen LogP contribution in [-0.2, 0) is 4.79 Å². The Hall–Kier alpha value is -0.350. The zero-order chi connectivity index (χ0) is 19.5. The smallest absolute Gasteiger partial charge is 0.243 e. The molecule has 0 atom stereocenters. The summed E-state index contributed by atoms with van der Waals surface area (Å²) in [5.41, 5.74) is 0. The molecule has 1 amide bonds. The molecule has 3 nitrogen and oxygen atoms in total. The number of rotatable bonds is 19. The Bertz CT molecular complexity index is 345. The number of hydrogen-bond acceptors (Lipinski definition) is 1. The normalized spacial score (nSPS) is 11.1. The number of carbonyl (C=O) groups is 1. The number of hydrogen-bond donors (Lipinski definition) is 1. The molecule has 0 aliphatic rings. The lowest BCUT2D eigenvalue weighted by molar-refractivity contribution is -0.889. The zero-order valence-corrected chi connectivity index (χ0v) is 20.1. The molecule has 0 heterocycles. The van der Waals surface area contributed by atoms with Gasteiger partial charge in [-0.05, 0) is 18.9 Å². The predicted molar refractivity (Wildman–Crippen MR) is 115 cm³/mol. The van der Waals surface area contributed by atoms with E-state index in [9.17, 15) is 4.79 Å². The van der Waals surface area contributed by atoms with Crippen LogP contribution in [0.25, 0.3) is 0 Å². The maximum Gasteiger partial charge on any atom is 0.243 e. The van der Waals surface area contributed by atoms with Crippen LogP contribution in [0.3, 0.4) is 0 Å². The van der Waals surface area contributed by atoms with E-state index in [1.54, 1.807) is 0 Å². The first-order valence-corrected chi connectivity index (χ1v) is 11.2.